The molecule has 2 aromatic rings. The van der Waals surface area contributed by atoms with Gasteiger partial charge in [-0.05, 0) is 24.2 Å². The van der Waals surface area contributed by atoms with E-state index in [-0.39, 0.29) is 36.5 Å². The van der Waals surface area contributed by atoms with Crippen molar-refractivity contribution in [3.05, 3.63) is 35.7 Å². The van der Waals surface area contributed by atoms with Crippen molar-refractivity contribution in [3.63, 3.8) is 0 Å². The van der Waals surface area contributed by atoms with Crippen LogP contribution in [0.3, 0.4) is 0 Å². The first-order valence-electron chi connectivity index (χ1n) is 7.90. The summed E-state index contributed by atoms with van der Waals surface area (Å²) in [6.07, 6.45) is 1.26. The van der Waals surface area contributed by atoms with E-state index in [0.717, 1.165) is 0 Å². The number of ether oxygens (including phenoxy) is 2. The van der Waals surface area contributed by atoms with Gasteiger partial charge < -0.3 is 14.3 Å². The Balaban J connectivity index is 1.82. The number of aromatic nitrogens is 3. The molecule has 0 unspecified atom stereocenters. The first kappa shape index (κ1) is 19.3. The van der Waals surface area contributed by atoms with Crippen molar-refractivity contribution in [2.45, 2.75) is 11.9 Å². The Morgan fingerprint density at radius 2 is 2.11 bits per heavy atom. The summed E-state index contributed by atoms with van der Waals surface area (Å²) in [6, 6.07) is 3.41. The summed E-state index contributed by atoms with van der Waals surface area (Å²) in [5.41, 5.74) is 0.570. The predicted octanol–water partition coefficient (Wildman–Crippen LogP) is 0.407. The maximum absolute atomic E-state index is 12.6. The summed E-state index contributed by atoms with van der Waals surface area (Å²) in [6.45, 7) is 2.11. The Hall–Kier alpha value is -3.48. The number of carbonyl (C=O) groups is 1. The zero-order valence-corrected chi connectivity index (χ0v) is 15.7. The Kier molecular flexibility index (Phi) is 5.54. The molecule has 13 heteroatoms. The van der Waals surface area contributed by atoms with Gasteiger partial charge in [0.05, 0.1) is 12.7 Å². The summed E-state index contributed by atoms with van der Waals surface area (Å²) < 4.78 is 37.4. The predicted molar refractivity (Wildman–Crippen MR) is 95.3 cm³/mol. The second kappa shape index (κ2) is 8.04. The Labute approximate surface area is 160 Å². The van der Waals surface area contributed by atoms with Gasteiger partial charge in [0.15, 0.2) is 11.6 Å². The van der Waals surface area contributed by atoms with Gasteiger partial charge >= 0.3 is 6.03 Å². The minimum absolute atomic E-state index is 0.0492. The minimum Gasteiger partial charge on any atom is -0.481 e. The van der Waals surface area contributed by atoms with Gasteiger partial charge in [-0.1, -0.05) is 0 Å². The Bertz CT molecular complexity index is 1030. The van der Waals surface area contributed by atoms with E-state index in [1.165, 1.54) is 25.4 Å². The lowest BCUT2D eigenvalue weighted by Gasteiger charge is -2.15. The molecule has 0 saturated carbocycles. The third kappa shape index (κ3) is 4.43. The molecule has 28 heavy (non-hydrogen) atoms. The van der Waals surface area contributed by atoms with E-state index in [1.807, 2.05) is 4.72 Å². The third-order valence-electron chi connectivity index (χ3n) is 3.31. The van der Waals surface area contributed by atoms with Crippen molar-refractivity contribution < 1.29 is 27.5 Å². The van der Waals surface area contributed by atoms with Crippen LogP contribution in [0.4, 0.5) is 10.7 Å². The lowest BCUT2D eigenvalue weighted by Crippen LogP contribution is -2.36. The number of sulfonamides is 1. The average molecular weight is 408 g/mol. The zero-order valence-electron chi connectivity index (χ0n) is 14.9. The summed E-state index contributed by atoms with van der Waals surface area (Å²) >= 11 is 0. The number of nitrogens with zero attached hydrogens (tertiary/aromatic N) is 4. The Morgan fingerprint density at radius 1 is 1.29 bits per heavy atom. The van der Waals surface area contributed by atoms with E-state index >= 15 is 0 Å². The van der Waals surface area contributed by atoms with Crippen LogP contribution in [0.2, 0.25) is 0 Å². The molecule has 2 amide bonds. The van der Waals surface area contributed by atoms with E-state index < -0.39 is 21.1 Å². The van der Waals surface area contributed by atoms with Crippen molar-refractivity contribution in [3.8, 4) is 5.88 Å². The van der Waals surface area contributed by atoms with Crippen LogP contribution in [0.15, 0.2) is 34.6 Å². The topological polar surface area (TPSA) is 154 Å². The molecule has 12 nitrogen and oxygen atoms in total. The molecule has 1 aliphatic heterocycles. The largest absolute Gasteiger partial charge is 0.481 e. The number of aryl methyl sites for hydroxylation is 1. The van der Waals surface area contributed by atoms with Gasteiger partial charge in [-0.3, -0.25) is 5.32 Å². The molecule has 3 heterocycles. The highest BCUT2D eigenvalue weighted by molar-refractivity contribution is 7.90. The van der Waals surface area contributed by atoms with Crippen LogP contribution in [0.1, 0.15) is 11.3 Å². The third-order valence-corrected chi connectivity index (χ3v) is 4.60. The summed E-state index contributed by atoms with van der Waals surface area (Å²) in [5.74, 6) is 0.0381. The molecule has 148 valence electrons. The van der Waals surface area contributed by atoms with Gasteiger partial charge in [0.25, 0.3) is 15.9 Å². The molecule has 0 spiro atoms. The summed E-state index contributed by atoms with van der Waals surface area (Å²) in [7, 11) is -2.96. The number of amides is 2. The second-order valence-electron chi connectivity index (χ2n) is 5.37. The molecule has 0 fully saturated rings. The number of urea groups is 1. The van der Waals surface area contributed by atoms with Crippen LogP contribution in [0.25, 0.3) is 0 Å². The van der Waals surface area contributed by atoms with Crippen molar-refractivity contribution in [2.24, 2.45) is 5.16 Å². The summed E-state index contributed by atoms with van der Waals surface area (Å²) in [4.78, 5) is 28.8. The minimum atomic E-state index is -4.36. The first-order valence-corrected chi connectivity index (χ1v) is 9.39. The fourth-order valence-electron chi connectivity index (χ4n) is 2.20. The van der Waals surface area contributed by atoms with Crippen LogP contribution in [-0.4, -0.2) is 55.6 Å². The molecule has 0 bridgehead atoms. The second-order valence-corrected chi connectivity index (χ2v) is 6.97. The van der Waals surface area contributed by atoms with Crippen LogP contribution in [0.5, 0.6) is 5.88 Å². The van der Waals surface area contributed by atoms with E-state index in [1.54, 1.807) is 13.0 Å². The lowest BCUT2D eigenvalue weighted by molar-refractivity contribution is 0.0653. The molecule has 0 saturated heterocycles. The van der Waals surface area contributed by atoms with Gasteiger partial charge in [-0.25, -0.2) is 19.5 Å². The molecule has 0 atom stereocenters. The number of methoxy groups -OCH3 is 1. The summed E-state index contributed by atoms with van der Waals surface area (Å²) in [5, 5.41) is 5.47. The molecule has 0 radical (unpaired) electrons. The van der Waals surface area contributed by atoms with E-state index in [4.69, 9.17) is 14.3 Å². The number of nitrogens with one attached hydrogen (secondary N) is 2. The zero-order chi connectivity index (χ0) is 20.1. The van der Waals surface area contributed by atoms with Crippen molar-refractivity contribution in [1.29, 1.82) is 0 Å². The number of pyridine rings is 1. The van der Waals surface area contributed by atoms with Gasteiger partial charge in [0.1, 0.15) is 6.61 Å². The van der Waals surface area contributed by atoms with Crippen LogP contribution in [0, 0.1) is 6.92 Å². The van der Waals surface area contributed by atoms with Crippen LogP contribution >= 0.6 is 0 Å². The van der Waals surface area contributed by atoms with E-state index in [2.05, 4.69) is 25.4 Å². The maximum atomic E-state index is 12.6. The average Bonchev–Trinajstić information content (AvgIpc) is 2.67. The standard InChI is InChI=1S/C15H16N6O6S/c1-9-8-11(25-2)18-14(17-9)19-15(22)21-28(23,24)13-10(4-3-5-16-13)12-20-27-7-6-26-12/h3-5,8H,6-7H2,1-2H3,(H2,17,18,19,21,22). The molecule has 3 rings (SSSR count). The van der Waals surface area contributed by atoms with Crippen LogP contribution < -0.4 is 14.8 Å². The SMILES string of the molecule is COc1cc(C)nc(NC(=O)NS(=O)(=O)c2ncccc2C2=NOCCO2)n1. The highest BCUT2D eigenvalue weighted by Gasteiger charge is 2.27. The molecule has 0 aromatic carbocycles. The smallest absolute Gasteiger partial charge is 0.335 e. The molecular formula is C15H16N6O6S. The fourth-order valence-corrected chi connectivity index (χ4v) is 3.23. The van der Waals surface area contributed by atoms with E-state index in [9.17, 15) is 13.2 Å². The van der Waals surface area contributed by atoms with Gasteiger partial charge in [0, 0.05) is 18.0 Å². The van der Waals surface area contributed by atoms with Crippen molar-refractivity contribution in [1.82, 2.24) is 19.7 Å². The van der Waals surface area contributed by atoms with Crippen molar-refractivity contribution in [2.75, 3.05) is 25.6 Å². The quantitative estimate of drug-likeness (QED) is 0.715. The number of carbonyl (C=O) groups excluding carboxylic acids is 1. The molecular weight excluding hydrogens is 392 g/mol. The monoisotopic (exact) mass is 408 g/mol. The normalized spacial score (nSPS) is 13.6. The van der Waals surface area contributed by atoms with E-state index in [0.29, 0.717) is 5.69 Å². The molecule has 0 aliphatic carbocycles. The van der Waals surface area contributed by atoms with Gasteiger partial charge in [-0.2, -0.15) is 13.4 Å². The van der Waals surface area contributed by atoms with Crippen LogP contribution in [-0.2, 0) is 19.6 Å². The number of hydrogen-bond acceptors (Lipinski definition) is 10. The number of rotatable bonds is 5. The van der Waals surface area contributed by atoms with Gasteiger partial charge in [0.2, 0.25) is 11.8 Å². The fraction of sp³-hybridized carbons (Fsp3) is 0.267. The molecule has 2 N–H and O–H groups in total. The Morgan fingerprint density at radius 3 is 2.82 bits per heavy atom. The molecule has 1 aliphatic rings. The number of oxime groups is 1. The maximum Gasteiger partial charge on any atom is 0.335 e. The number of hydrogen-bond donors (Lipinski definition) is 2. The van der Waals surface area contributed by atoms with Gasteiger partial charge in [-0.15, -0.1) is 0 Å². The highest BCUT2D eigenvalue weighted by atomic mass is 32.2. The molecule has 2 aromatic heterocycles. The lowest BCUT2D eigenvalue weighted by atomic mass is 10.3. The first-order chi connectivity index (χ1) is 13.4. The van der Waals surface area contributed by atoms with Crippen molar-refractivity contribution >= 4 is 27.9 Å². The highest BCUT2D eigenvalue weighted by Crippen LogP contribution is 2.16. The number of anilines is 1.